The van der Waals surface area contributed by atoms with Gasteiger partial charge in [0.05, 0.1) is 25.6 Å². The molecule has 0 aliphatic carbocycles. The number of nitrogens with two attached hydrogens (primary N) is 1. The maximum absolute atomic E-state index is 15.4. The lowest BCUT2D eigenvalue weighted by molar-refractivity contribution is -0.146. The van der Waals surface area contributed by atoms with Gasteiger partial charge in [-0.15, -0.1) is 0 Å². The highest BCUT2D eigenvalue weighted by Gasteiger charge is 2.48. The number of aromatic amines is 3. The van der Waals surface area contributed by atoms with Crippen molar-refractivity contribution >= 4 is 104 Å². The summed E-state index contributed by atoms with van der Waals surface area (Å²) in [6, 6.07) is 11.5. The third kappa shape index (κ3) is 21.2. The number of benzene rings is 4. The minimum atomic E-state index is -2.01. The van der Waals surface area contributed by atoms with E-state index in [0.29, 0.717) is 88.5 Å². The Labute approximate surface area is 603 Å². The zero-order valence-electron chi connectivity index (χ0n) is 58.1. The normalized spacial score (nSPS) is 22.7. The van der Waals surface area contributed by atoms with Crippen molar-refractivity contribution in [3.05, 3.63) is 155 Å². The third-order valence-electron chi connectivity index (χ3n) is 18.3. The predicted molar refractivity (Wildman–Crippen MR) is 387 cm³/mol. The molecule has 1 saturated heterocycles. The summed E-state index contributed by atoms with van der Waals surface area (Å²) in [4.78, 5) is 161. The number of aliphatic carboxylic acids is 1. The van der Waals surface area contributed by atoms with Crippen molar-refractivity contribution in [3.8, 4) is 5.75 Å². The van der Waals surface area contributed by atoms with E-state index >= 15 is 32.8 Å². The number of nitrogens with zero attached hydrogens (tertiary/aromatic N) is 2. The molecule has 550 valence electrons. The number of carbonyl (C=O) groups is 10. The van der Waals surface area contributed by atoms with Crippen LogP contribution in [-0.2, 0) is 85.1 Å². The SMILES string of the molecule is COc1ccc(C[C@H]2NC(=O)[C@@H](Cc3c[nH]cn3)NC(=O)[C@@H](CC(=O)O)NC(=O)[C@@H](Cc3c[nH]c4ccc(F)cc34)NC(=O)[C@@H](Cc3c[nH]c4ccc(F)cc34)NC(=O)C(C(C)(C)C)NC(=O)[C@@H](CCCCN)NC(=O)CCSCc3cccc(c3)CSCCNC(=O)[C@@]3(C)CCCN3C2=O)cc1. The quantitative estimate of drug-likeness (QED) is 0.0598. The van der Waals surface area contributed by atoms with Crippen LogP contribution in [0.4, 0.5) is 8.78 Å². The zero-order chi connectivity index (χ0) is 74.0. The fraction of sp³-hybridized carbons (Fsp3) is 0.438. The van der Waals surface area contributed by atoms with E-state index in [1.54, 1.807) is 63.7 Å². The number of nitrogens with one attached hydrogen (secondary N) is 11. The van der Waals surface area contributed by atoms with Gasteiger partial charge in [0.1, 0.15) is 65.2 Å². The molecule has 26 nitrogen and oxygen atoms in total. The van der Waals surface area contributed by atoms with Gasteiger partial charge in [0.25, 0.3) is 0 Å². The highest BCUT2D eigenvalue weighted by Crippen LogP contribution is 2.32. The Morgan fingerprint density at radius 3 is 1.80 bits per heavy atom. The molecule has 5 heterocycles. The first-order valence-electron chi connectivity index (χ1n) is 34.3. The number of rotatable bonds is 15. The summed E-state index contributed by atoms with van der Waals surface area (Å²) in [5.41, 5.74) is 7.77. The van der Waals surface area contributed by atoms with Crippen molar-refractivity contribution in [1.29, 1.82) is 0 Å². The van der Waals surface area contributed by atoms with E-state index < -0.39 is 137 Å². The lowest BCUT2D eigenvalue weighted by atomic mass is 9.85. The molecule has 2 aliphatic rings. The van der Waals surface area contributed by atoms with Gasteiger partial charge in [0.15, 0.2) is 0 Å². The summed E-state index contributed by atoms with van der Waals surface area (Å²) in [7, 11) is 1.49. The van der Waals surface area contributed by atoms with Gasteiger partial charge in [-0.25, -0.2) is 13.8 Å². The minimum absolute atomic E-state index is 0.0484. The largest absolute Gasteiger partial charge is 0.497 e. The molecule has 0 radical (unpaired) electrons. The molecule has 1 fully saturated rings. The second-order valence-electron chi connectivity index (χ2n) is 27.1. The summed E-state index contributed by atoms with van der Waals surface area (Å²) in [5, 5.41) is 33.1. The van der Waals surface area contributed by atoms with E-state index in [9.17, 15) is 29.1 Å². The number of carboxylic acids is 1. The minimum Gasteiger partial charge on any atom is -0.497 e. The second-order valence-corrected chi connectivity index (χ2v) is 29.4. The van der Waals surface area contributed by atoms with Crippen LogP contribution in [0, 0.1) is 17.0 Å². The second kappa shape index (κ2) is 35.9. The van der Waals surface area contributed by atoms with E-state index in [-0.39, 0.29) is 61.8 Å². The predicted octanol–water partition coefficient (Wildman–Crippen LogP) is 5.04. The molecule has 14 N–H and O–H groups in total. The van der Waals surface area contributed by atoms with Gasteiger partial charge in [-0.2, -0.15) is 23.5 Å². The summed E-state index contributed by atoms with van der Waals surface area (Å²) < 4.78 is 35.5. The lowest BCUT2D eigenvalue weighted by Crippen LogP contribution is -2.63. The van der Waals surface area contributed by atoms with Gasteiger partial charge in [0, 0.05) is 109 Å². The van der Waals surface area contributed by atoms with E-state index in [0.717, 1.165) is 11.1 Å². The Morgan fingerprint density at radius 1 is 0.660 bits per heavy atom. The number of thioether (sulfide) groups is 2. The Morgan fingerprint density at radius 2 is 1.22 bits per heavy atom. The summed E-state index contributed by atoms with van der Waals surface area (Å²) in [6.07, 6.45) is 5.27. The maximum Gasteiger partial charge on any atom is 0.305 e. The Kier molecular flexibility index (Phi) is 26.9. The molecule has 0 spiro atoms. The first kappa shape index (κ1) is 77.4. The first-order valence-corrected chi connectivity index (χ1v) is 36.6. The molecule has 4 aromatic carbocycles. The van der Waals surface area contributed by atoms with Gasteiger partial charge < -0.3 is 78.0 Å². The zero-order valence-corrected chi connectivity index (χ0v) is 59.8. The van der Waals surface area contributed by atoms with Crippen LogP contribution in [0.25, 0.3) is 21.8 Å². The van der Waals surface area contributed by atoms with E-state index in [2.05, 4.69) is 68.5 Å². The topological polar surface area (TPSA) is 386 Å². The number of unbranched alkanes of at least 4 members (excludes halogenated alkanes) is 1. The van der Waals surface area contributed by atoms with Crippen LogP contribution in [-0.4, -0.2) is 175 Å². The maximum atomic E-state index is 15.4. The van der Waals surface area contributed by atoms with E-state index in [1.807, 2.05) is 18.2 Å². The number of ether oxygens (including phenoxy) is 1. The summed E-state index contributed by atoms with van der Waals surface area (Å²) in [6.45, 7) is 7.43. The summed E-state index contributed by atoms with van der Waals surface area (Å²) >= 11 is 3.13. The van der Waals surface area contributed by atoms with Crippen molar-refractivity contribution in [2.45, 2.75) is 158 Å². The van der Waals surface area contributed by atoms with Gasteiger partial charge in [-0.1, -0.05) is 57.2 Å². The highest BCUT2D eigenvalue weighted by molar-refractivity contribution is 7.98. The van der Waals surface area contributed by atoms with Crippen LogP contribution in [0.5, 0.6) is 5.75 Å². The van der Waals surface area contributed by atoms with Crippen molar-refractivity contribution in [2.24, 2.45) is 11.1 Å². The molecule has 2 aliphatic heterocycles. The van der Waals surface area contributed by atoms with Crippen LogP contribution in [0.1, 0.15) is 106 Å². The molecule has 1 unspecified atom stereocenters. The molecule has 30 heteroatoms. The van der Waals surface area contributed by atoms with Gasteiger partial charge in [0.2, 0.25) is 53.2 Å². The Balaban J connectivity index is 1.08. The number of H-pyrrole nitrogens is 3. The van der Waals surface area contributed by atoms with Gasteiger partial charge in [-0.3, -0.25) is 47.9 Å². The van der Waals surface area contributed by atoms with Crippen molar-refractivity contribution in [2.75, 3.05) is 38.2 Å². The average Bonchev–Trinajstić information content (AvgIpc) is 1.67. The van der Waals surface area contributed by atoms with Crippen LogP contribution >= 0.6 is 23.5 Å². The average molecular weight is 1460 g/mol. The van der Waals surface area contributed by atoms with E-state index in [1.165, 1.54) is 85.1 Å². The monoisotopic (exact) mass is 1460 g/mol. The number of fused-ring (bicyclic) bond motifs is 5. The standard InChI is InChI=1S/C73H90F2N14O12S2/c1-72(2,3)63-69(98)86-57(31-46-37-80-54-20-16-48(75)33-52(46)54)66(95)83-56(30-45-36-79-53-19-15-47(74)32-51(45)53)65(94)85-59(35-62(91)92)68(97)84-58(34-49-38-77-41-81-49)67(96)87-60(29-42-13-17-50(101-5)18-14-42)70(99)89-25-9-22-73(89,4)71(100)78-24-27-103-40-44-11-8-10-43(28-44)39-102-26-21-61(90)82-55(64(93)88-63)12-6-7-23-76/h8,10-11,13-20,28,32-33,36-38,41,55-60,63,79-80H,6-7,9,12,21-27,29-31,34-35,39-40,76H2,1-5H3,(H,77,81)(H,78,100)(H,82,90)(H,83,95)(H,84,97)(H,85,94)(H,86,98)(H,87,96)(H,88,93)(H,91,92)/t55-,56-,57-,58-,59-,60-,63?,73-/m1/s1. The molecule has 3 aromatic heterocycles. The molecule has 9 rings (SSSR count). The van der Waals surface area contributed by atoms with Crippen LogP contribution in [0.15, 0.2) is 110 Å². The number of carbonyl (C=O) groups excluding carboxylic acids is 9. The van der Waals surface area contributed by atoms with Gasteiger partial charge in [-0.05, 0) is 127 Å². The molecule has 103 heavy (non-hydrogen) atoms. The number of hydrogen-bond donors (Lipinski definition) is 13. The first-order chi connectivity index (χ1) is 49.3. The molecular weight excluding hydrogens is 1370 g/mol. The Bertz CT molecular complexity index is 4170. The molecule has 9 amide bonds. The van der Waals surface area contributed by atoms with Crippen molar-refractivity contribution < 1.29 is 66.6 Å². The number of methoxy groups -OCH3 is 1. The number of hydrogen-bond acceptors (Lipinski definition) is 15. The van der Waals surface area contributed by atoms with Crippen LogP contribution in [0.2, 0.25) is 0 Å². The number of carboxylic acid groups (broad SMARTS) is 1. The van der Waals surface area contributed by atoms with Crippen molar-refractivity contribution in [1.82, 2.24) is 67.4 Å². The van der Waals surface area contributed by atoms with Crippen LogP contribution in [0.3, 0.4) is 0 Å². The Hall–Kier alpha value is -9.81. The number of amides is 9. The third-order valence-corrected chi connectivity index (χ3v) is 20.4. The molecule has 0 saturated carbocycles. The smallest absolute Gasteiger partial charge is 0.305 e. The van der Waals surface area contributed by atoms with E-state index in [4.69, 9.17) is 10.5 Å². The molecule has 2 bridgehead atoms. The fourth-order valence-corrected chi connectivity index (χ4v) is 14.4. The highest BCUT2D eigenvalue weighted by atomic mass is 32.2. The van der Waals surface area contributed by atoms with Gasteiger partial charge >= 0.3 is 5.97 Å². The number of imidazole rings is 1. The summed E-state index contributed by atoms with van der Waals surface area (Å²) in [5.74, 6) is -7.57. The molecule has 8 atom stereocenters. The lowest BCUT2D eigenvalue weighted by Gasteiger charge is -2.36. The number of halogens is 2. The van der Waals surface area contributed by atoms with Crippen molar-refractivity contribution in [3.63, 3.8) is 0 Å². The fourth-order valence-electron chi connectivity index (χ4n) is 12.7. The molecule has 7 aromatic rings. The molecular formula is C73H90F2N14O12S2. The number of aromatic nitrogens is 4. The van der Waals surface area contributed by atoms with Crippen LogP contribution < -0.4 is 53.0 Å².